The molecule has 0 unspecified atom stereocenters. The Bertz CT molecular complexity index is 609. The van der Waals surface area contributed by atoms with Crippen LogP contribution in [0, 0.1) is 17.0 Å². The topological polar surface area (TPSA) is 99.9 Å². The van der Waals surface area contributed by atoms with Crippen molar-refractivity contribution < 1.29 is 4.92 Å². The molecule has 0 spiro atoms. The Kier molecular flexibility index (Phi) is 4.41. The Hall–Kier alpha value is -2.28. The molecule has 2 N–H and O–H groups in total. The second kappa shape index (κ2) is 6.25. The Morgan fingerprint density at radius 3 is 2.85 bits per heavy atom. The maximum absolute atomic E-state index is 10.8. The summed E-state index contributed by atoms with van der Waals surface area (Å²) >= 11 is 0. The fraction of sp³-hybridized carbons (Fsp3) is 0.385. The van der Waals surface area contributed by atoms with Crippen LogP contribution < -0.4 is 5.73 Å². The second-order valence-corrected chi connectivity index (χ2v) is 4.63. The molecule has 20 heavy (non-hydrogen) atoms. The first kappa shape index (κ1) is 14.1. The molecule has 7 nitrogen and oxygen atoms in total. The molecule has 2 aromatic rings. The van der Waals surface area contributed by atoms with Gasteiger partial charge in [-0.15, -0.1) is 5.10 Å². The van der Waals surface area contributed by atoms with Crippen molar-refractivity contribution in [2.24, 2.45) is 5.73 Å². The van der Waals surface area contributed by atoms with Gasteiger partial charge in [0, 0.05) is 11.6 Å². The average Bonchev–Trinajstić information content (AvgIpc) is 2.87. The third kappa shape index (κ3) is 3.18. The third-order valence-electron chi connectivity index (χ3n) is 3.07. The first-order valence-electron chi connectivity index (χ1n) is 6.48. The monoisotopic (exact) mass is 275 g/mol. The van der Waals surface area contributed by atoms with Crippen molar-refractivity contribution in [3.05, 3.63) is 45.8 Å². The molecular weight excluding hydrogens is 258 g/mol. The highest BCUT2D eigenvalue weighted by Gasteiger charge is 2.11. The first-order valence-corrected chi connectivity index (χ1v) is 6.48. The smallest absolute Gasteiger partial charge is 0.272 e. The Labute approximate surface area is 116 Å². The van der Waals surface area contributed by atoms with Gasteiger partial charge in [-0.2, -0.15) is 0 Å². The number of hydrogen-bond donors (Lipinski definition) is 1. The van der Waals surface area contributed by atoms with Crippen molar-refractivity contribution >= 4 is 5.69 Å². The summed E-state index contributed by atoms with van der Waals surface area (Å²) in [4.78, 5) is 10.4. The predicted octanol–water partition coefficient (Wildman–Crippen LogP) is 1.77. The van der Waals surface area contributed by atoms with Gasteiger partial charge in [0.2, 0.25) is 0 Å². The van der Waals surface area contributed by atoms with Crippen LogP contribution in [-0.4, -0.2) is 26.5 Å². The van der Waals surface area contributed by atoms with E-state index in [1.54, 1.807) is 23.7 Å². The largest absolute Gasteiger partial charge is 0.330 e. The molecule has 0 aliphatic rings. The van der Waals surface area contributed by atoms with Gasteiger partial charge < -0.3 is 5.73 Å². The average molecular weight is 275 g/mol. The highest BCUT2D eigenvalue weighted by molar-refractivity contribution is 5.47. The molecule has 0 amide bonds. The van der Waals surface area contributed by atoms with E-state index >= 15 is 0 Å². The number of aromatic nitrogens is 3. The van der Waals surface area contributed by atoms with Gasteiger partial charge in [-0.05, 0) is 44.9 Å². The minimum atomic E-state index is -0.390. The molecule has 1 heterocycles. The molecule has 0 fully saturated rings. The quantitative estimate of drug-likeness (QED) is 0.492. The summed E-state index contributed by atoms with van der Waals surface area (Å²) in [5.74, 6) is 0. The standard InChI is InChI=1S/C13H17N5O2/c1-10-8-12(5-6-13(10)18(19)20)17-9-11(15-16-17)4-2-3-7-14/h5-6,8-9H,2-4,7,14H2,1H3. The molecule has 0 saturated carbocycles. The fourth-order valence-corrected chi connectivity index (χ4v) is 1.98. The second-order valence-electron chi connectivity index (χ2n) is 4.63. The Morgan fingerprint density at radius 2 is 2.20 bits per heavy atom. The van der Waals surface area contributed by atoms with E-state index in [4.69, 9.17) is 5.73 Å². The molecule has 7 heteroatoms. The number of nitro benzene ring substituents is 1. The van der Waals surface area contributed by atoms with E-state index in [9.17, 15) is 10.1 Å². The van der Waals surface area contributed by atoms with Crippen LogP contribution >= 0.6 is 0 Å². The molecule has 2 rings (SSSR count). The highest BCUT2D eigenvalue weighted by atomic mass is 16.6. The van der Waals surface area contributed by atoms with Gasteiger partial charge in [0.05, 0.1) is 22.5 Å². The van der Waals surface area contributed by atoms with Crippen LogP contribution in [0.5, 0.6) is 0 Å². The predicted molar refractivity (Wildman–Crippen MR) is 74.7 cm³/mol. The molecule has 1 aromatic heterocycles. The van der Waals surface area contributed by atoms with Crippen LogP contribution in [-0.2, 0) is 6.42 Å². The number of nitrogens with two attached hydrogens (primary N) is 1. The van der Waals surface area contributed by atoms with Crippen LogP contribution in [0.1, 0.15) is 24.1 Å². The summed E-state index contributed by atoms with van der Waals surface area (Å²) in [7, 11) is 0. The van der Waals surface area contributed by atoms with Gasteiger partial charge in [0.1, 0.15) is 0 Å². The van der Waals surface area contributed by atoms with Gasteiger partial charge >= 0.3 is 0 Å². The lowest BCUT2D eigenvalue weighted by Gasteiger charge is -2.02. The van der Waals surface area contributed by atoms with Crippen molar-refractivity contribution in [3.63, 3.8) is 0 Å². The molecule has 1 aromatic carbocycles. The summed E-state index contributed by atoms with van der Waals surface area (Å²) in [6.07, 6.45) is 4.62. The number of unbranched alkanes of at least 4 members (excludes halogenated alkanes) is 1. The van der Waals surface area contributed by atoms with Gasteiger partial charge in [-0.1, -0.05) is 5.21 Å². The lowest BCUT2D eigenvalue weighted by molar-refractivity contribution is -0.385. The molecular formula is C13H17N5O2. The van der Waals surface area contributed by atoms with Gasteiger partial charge in [-0.3, -0.25) is 10.1 Å². The van der Waals surface area contributed by atoms with Gasteiger partial charge in [-0.25, -0.2) is 4.68 Å². The molecule has 0 atom stereocenters. The van der Waals surface area contributed by atoms with Crippen molar-refractivity contribution in [1.29, 1.82) is 0 Å². The van der Waals surface area contributed by atoms with E-state index in [-0.39, 0.29) is 5.69 Å². The van der Waals surface area contributed by atoms with Crippen molar-refractivity contribution in [2.75, 3.05) is 6.54 Å². The van der Waals surface area contributed by atoms with Gasteiger partial charge in [0.25, 0.3) is 5.69 Å². The van der Waals surface area contributed by atoms with E-state index in [0.717, 1.165) is 30.6 Å². The van der Waals surface area contributed by atoms with E-state index in [1.807, 2.05) is 6.20 Å². The number of aryl methyl sites for hydroxylation is 2. The number of nitrogens with zero attached hydrogens (tertiary/aromatic N) is 4. The maximum Gasteiger partial charge on any atom is 0.272 e. The lowest BCUT2D eigenvalue weighted by Crippen LogP contribution is -1.99. The molecule has 0 aliphatic heterocycles. The number of hydrogen-bond acceptors (Lipinski definition) is 5. The summed E-state index contributed by atoms with van der Waals surface area (Å²) in [6.45, 7) is 2.39. The number of benzene rings is 1. The lowest BCUT2D eigenvalue weighted by atomic mass is 10.2. The molecule has 0 saturated heterocycles. The first-order chi connectivity index (χ1) is 9.61. The minimum Gasteiger partial charge on any atom is -0.330 e. The van der Waals surface area contributed by atoms with E-state index in [2.05, 4.69) is 10.3 Å². The summed E-state index contributed by atoms with van der Waals surface area (Å²) in [5.41, 5.74) is 7.83. The number of nitro groups is 1. The van der Waals surface area contributed by atoms with E-state index in [0.29, 0.717) is 12.1 Å². The summed E-state index contributed by atoms with van der Waals surface area (Å²) in [5, 5.41) is 18.9. The van der Waals surface area contributed by atoms with Gasteiger partial charge in [0.15, 0.2) is 0 Å². The fourth-order valence-electron chi connectivity index (χ4n) is 1.98. The normalized spacial score (nSPS) is 10.7. The molecule has 0 radical (unpaired) electrons. The Morgan fingerprint density at radius 1 is 1.40 bits per heavy atom. The zero-order valence-corrected chi connectivity index (χ0v) is 11.3. The summed E-state index contributed by atoms with van der Waals surface area (Å²) in [6, 6.07) is 4.89. The SMILES string of the molecule is Cc1cc(-n2cc(CCCCN)nn2)ccc1[N+](=O)[O-]. The van der Waals surface area contributed by atoms with E-state index < -0.39 is 4.92 Å². The molecule has 106 valence electrons. The molecule has 0 bridgehead atoms. The number of rotatable bonds is 6. The summed E-state index contributed by atoms with van der Waals surface area (Å²) < 4.78 is 1.63. The van der Waals surface area contributed by atoms with Crippen molar-refractivity contribution in [1.82, 2.24) is 15.0 Å². The zero-order chi connectivity index (χ0) is 14.5. The Balaban J connectivity index is 2.15. The van der Waals surface area contributed by atoms with Crippen LogP contribution in [0.4, 0.5) is 5.69 Å². The van der Waals surface area contributed by atoms with E-state index in [1.165, 1.54) is 6.07 Å². The highest BCUT2D eigenvalue weighted by Crippen LogP contribution is 2.20. The molecule has 0 aliphatic carbocycles. The van der Waals surface area contributed by atoms with Crippen LogP contribution in [0.15, 0.2) is 24.4 Å². The van der Waals surface area contributed by atoms with Crippen LogP contribution in [0.25, 0.3) is 5.69 Å². The van der Waals surface area contributed by atoms with Crippen LogP contribution in [0.3, 0.4) is 0 Å². The van der Waals surface area contributed by atoms with Crippen molar-refractivity contribution in [2.45, 2.75) is 26.2 Å². The minimum absolute atomic E-state index is 0.108. The van der Waals surface area contributed by atoms with Crippen LogP contribution in [0.2, 0.25) is 0 Å². The maximum atomic E-state index is 10.8. The van der Waals surface area contributed by atoms with Crippen molar-refractivity contribution in [3.8, 4) is 5.69 Å². The zero-order valence-electron chi connectivity index (χ0n) is 11.3. The third-order valence-corrected chi connectivity index (χ3v) is 3.07.